The third-order valence-corrected chi connectivity index (χ3v) is 5.84. The van der Waals surface area contributed by atoms with Crippen molar-refractivity contribution < 1.29 is 38.6 Å². The molecule has 14 nitrogen and oxygen atoms in total. The minimum Gasteiger partial charge on any atom is -0.394 e. The molecular formula is C15H22N5O9P. The summed E-state index contributed by atoms with van der Waals surface area (Å²) in [5, 5.41) is 21.0. The number of nitrogens with one attached hydrogen (secondary N) is 1. The molecular weight excluding hydrogens is 425 g/mol. The van der Waals surface area contributed by atoms with Crippen LogP contribution in [0.4, 0.5) is 5.95 Å². The molecule has 2 aromatic rings. The number of hydrogen-bond acceptors (Lipinski definition) is 10. The molecule has 30 heavy (non-hydrogen) atoms. The van der Waals surface area contributed by atoms with Crippen molar-refractivity contribution in [1.29, 1.82) is 0 Å². The van der Waals surface area contributed by atoms with Crippen LogP contribution in [-0.4, -0.2) is 77.1 Å². The molecule has 5 atom stereocenters. The van der Waals surface area contributed by atoms with Gasteiger partial charge in [-0.05, 0) is 19.3 Å². The van der Waals surface area contributed by atoms with E-state index in [1.165, 1.54) is 10.9 Å². The van der Waals surface area contributed by atoms with Crippen molar-refractivity contribution in [3.8, 4) is 0 Å². The van der Waals surface area contributed by atoms with Crippen molar-refractivity contribution in [3.63, 3.8) is 0 Å². The van der Waals surface area contributed by atoms with Crippen molar-refractivity contribution >= 4 is 24.9 Å². The monoisotopic (exact) mass is 447 g/mol. The highest BCUT2D eigenvalue weighted by Crippen LogP contribution is 2.49. The maximum absolute atomic E-state index is 12.2. The van der Waals surface area contributed by atoms with E-state index in [1.54, 1.807) is 0 Å². The zero-order valence-corrected chi connectivity index (χ0v) is 16.5. The van der Waals surface area contributed by atoms with Crippen LogP contribution in [0.3, 0.4) is 0 Å². The number of nitrogens with zero attached hydrogens (tertiary/aromatic N) is 3. The topological polar surface area (TPSA) is 215 Å². The summed E-state index contributed by atoms with van der Waals surface area (Å²) in [6, 6.07) is 0. The Kier molecular flexibility index (Phi) is 5.45. The van der Waals surface area contributed by atoms with Gasteiger partial charge in [0.15, 0.2) is 11.2 Å². The van der Waals surface area contributed by atoms with Crippen molar-refractivity contribution in [2.45, 2.75) is 49.4 Å². The maximum Gasteiger partial charge on any atom is 0.470 e. The second-order valence-corrected chi connectivity index (χ2v) is 8.38. The second-order valence-electron chi connectivity index (χ2n) is 7.19. The highest BCUT2D eigenvalue weighted by Gasteiger charge is 2.62. The molecule has 1 unspecified atom stereocenters. The molecule has 0 spiro atoms. The number of phosphoric acid groups is 1. The molecule has 2 fully saturated rings. The van der Waals surface area contributed by atoms with Crippen molar-refractivity contribution in [2.24, 2.45) is 0 Å². The first-order chi connectivity index (χ1) is 14.2. The molecule has 0 radical (unpaired) electrons. The van der Waals surface area contributed by atoms with Gasteiger partial charge >= 0.3 is 7.82 Å². The molecule has 0 amide bonds. The van der Waals surface area contributed by atoms with E-state index in [0.717, 1.165) is 12.8 Å². The van der Waals surface area contributed by atoms with Gasteiger partial charge in [0, 0.05) is 6.61 Å². The summed E-state index contributed by atoms with van der Waals surface area (Å²) in [5.41, 5.74) is 3.09. The molecule has 4 rings (SSSR count). The first kappa shape index (κ1) is 21.3. The fourth-order valence-corrected chi connectivity index (χ4v) is 4.68. The van der Waals surface area contributed by atoms with Gasteiger partial charge in [0.25, 0.3) is 5.56 Å². The first-order valence-corrected chi connectivity index (χ1v) is 10.8. The molecule has 0 aliphatic carbocycles. The zero-order valence-electron chi connectivity index (χ0n) is 15.6. The number of aromatic nitrogens is 4. The van der Waals surface area contributed by atoms with Crippen LogP contribution in [0.25, 0.3) is 11.2 Å². The molecule has 2 aliphatic rings. The number of H-pyrrole nitrogens is 1. The number of phosphoric ester groups is 1. The molecule has 0 bridgehead atoms. The predicted octanol–water partition coefficient (Wildman–Crippen LogP) is -1.85. The van der Waals surface area contributed by atoms with Crippen molar-refractivity contribution in [3.05, 3.63) is 16.7 Å². The third kappa shape index (κ3) is 3.44. The van der Waals surface area contributed by atoms with Crippen LogP contribution in [0, 0.1) is 0 Å². The van der Waals surface area contributed by atoms with Gasteiger partial charge < -0.3 is 35.2 Å². The Morgan fingerprint density at radius 3 is 2.83 bits per heavy atom. The Labute approximate surface area is 168 Å². The number of aliphatic hydroxyl groups excluding tert-OH is 2. The van der Waals surface area contributed by atoms with E-state index in [1.807, 2.05) is 0 Å². The van der Waals surface area contributed by atoms with E-state index in [0.29, 0.717) is 13.0 Å². The summed E-state index contributed by atoms with van der Waals surface area (Å²) in [5.74, 6) is -0.205. The molecule has 0 aromatic carbocycles. The Balaban J connectivity index is 1.91. The number of imidazole rings is 1. The van der Waals surface area contributed by atoms with Crippen molar-refractivity contribution in [1.82, 2.24) is 19.5 Å². The Morgan fingerprint density at radius 2 is 2.20 bits per heavy atom. The summed E-state index contributed by atoms with van der Waals surface area (Å²) in [7, 11) is -5.05. The van der Waals surface area contributed by atoms with E-state index in [9.17, 15) is 29.4 Å². The van der Waals surface area contributed by atoms with E-state index in [2.05, 4.69) is 15.0 Å². The average Bonchev–Trinajstić information content (AvgIpc) is 3.22. The van der Waals surface area contributed by atoms with Crippen LogP contribution in [0.15, 0.2) is 11.1 Å². The Morgan fingerprint density at radius 1 is 1.43 bits per heavy atom. The second kappa shape index (κ2) is 7.66. The average molecular weight is 447 g/mol. The molecule has 166 valence electrons. The lowest BCUT2D eigenvalue weighted by molar-refractivity contribution is -0.228. The van der Waals surface area contributed by atoms with Gasteiger partial charge in [-0.2, -0.15) is 4.98 Å². The van der Waals surface area contributed by atoms with Crippen LogP contribution < -0.4 is 11.3 Å². The number of rotatable bonds is 5. The smallest absolute Gasteiger partial charge is 0.394 e. The standard InChI is InChI=1S/C15H22N5O9P/c16-14-18-12-9(13(23)19-14)17-6-20(12)15(8-3-1-2-4-27-8)11(22)10(7(5-21)28-15)29-30(24,25)26/h6-8,10-11,21-22H,1-5H2,(H2,24,25,26)(H3,16,18,19,23)/t7-,8?,10-,11-,15-/m1/s1. The summed E-state index contributed by atoms with van der Waals surface area (Å²) < 4.78 is 29.3. The summed E-state index contributed by atoms with van der Waals surface area (Å²) >= 11 is 0. The van der Waals surface area contributed by atoms with Gasteiger partial charge in [0.2, 0.25) is 11.7 Å². The SMILES string of the molecule is Nc1nc2c(ncn2[C@]2(C3CCCCO3)O[C@H](CO)[C@@H](OP(=O)(O)O)[C@H]2O)c(=O)[nH]1. The number of nitrogen functional groups attached to an aromatic ring is 1. The molecule has 4 heterocycles. The number of nitrogens with two attached hydrogens (primary N) is 1. The molecule has 15 heteroatoms. The van der Waals surface area contributed by atoms with Crippen molar-refractivity contribution in [2.75, 3.05) is 18.9 Å². The predicted molar refractivity (Wildman–Crippen MR) is 99.0 cm³/mol. The van der Waals surface area contributed by atoms with Gasteiger partial charge in [-0.1, -0.05) is 0 Å². The number of fused-ring (bicyclic) bond motifs is 1. The quantitative estimate of drug-likeness (QED) is 0.279. The van der Waals surface area contributed by atoms with Crippen LogP contribution >= 0.6 is 7.82 Å². The molecule has 2 saturated heterocycles. The Bertz CT molecular complexity index is 1030. The van der Waals surface area contributed by atoms with Gasteiger partial charge in [0.05, 0.1) is 12.9 Å². The minimum atomic E-state index is -5.05. The van der Waals surface area contributed by atoms with E-state index in [-0.39, 0.29) is 17.1 Å². The molecule has 7 N–H and O–H groups in total. The van der Waals surface area contributed by atoms with Crippen LogP contribution in [0.2, 0.25) is 0 Å². The van der Waals surface area contributed by atoms with Gasteiger partial charge in [-0.25, -0.2) is 9.55 Å². The lowest BCUT2D eigenvalue weighted by Gasteiger charge is -2.41. The van der Waals surface area contributed by atoms with E-state index >= 15 is 0 Å². The zero-order chi connectivity index (χ0) is 21.7. The van der Waals surface area contributed by atoms with E-state index < -0.39 is 50.1 Å². The Hall–Kier alpha value is -1.90. The number of aliphatic hydroxyl groups is 2. The third-order valence-electron chi connectivity index (χ3n) is 5.32. The minimum absolute atomic E-state index is 0.0296. The number of anilines is 1. The number of aromatic amines is 1. The summed E-state index contributed by atoms with van der Waals surface area (Å²) in [6.45, 7) is -0.363. The summed E-state index contributed by atoms with van der Waals surface area (Å²) in [4.78, 5) is 41.2. The fourth-order valence-electron chi connectivity index (χ4n) is 4.11. The molecule has 2 aromatic heterocycles. The van der Waals surface area contributed by atoms with Crippen LogP contribution in [0.5, 0.6) is 0 Å². The number of hydrogen-bond donors (Lipinski definition) is 6. The maximum atomic E-state index is 12.2. The van der Waals surface area contributed by atoms with E-state index in [4.69, 9.17) is 19.7 Å². The molecule has 2 aliphatic heterocycles. The highest BCUT2D eigenvalue weighted by molar-refractivity contribution is 7.46. The first-order valence-electron chi connectivity index (χ1n) is 9.23. The van der Waals surface area contributed by atoms with Gasteiger partial charge in [-0.15, -0.1) is 0 Å². The fraction of sp³-hybridized carbons (Fsp3) is 0.667. The lowest BCUT2D eigenvalue weighted by Crippen LogP contribution is -2.56. The van der Waals surface area contributed by atoms with Crippen LogP contribution in [-0.2, 0) is 24.3 Å². The largest absolute Gasteiger partial charge is 0.470 e. The summed E-state index contributed by atoms with van der Waals surface area (Å²) in [6.07, 6.45) is -2.35. The van der Waals surface area contributed by atoms with Gasteiger partial charge in [0.1, 0.15) is 24.4 Å². The van der Waals surface area contributed by atoms with Crippen LogP contribution in [0.1, 0.15) is 19.3 Å². The molecule has 0 saturated carbocycles. The lowest BCUT2D eigenvalue weighted by atomic mass is 9.92. The highest BCUT2D eigenvalue weighted by atomic mass is 31.2. The van der Waals surface area contributed by atoms with Gasteiger partial charge in [-0.3, -0.25) is 18.9 Å². The normalized spacial score (nSPS) is 32.7. The number of ether oxygens (including phenoxy) is 2.